The highest BCUT2D eigenvalue weighted by Crippen LogP contribution is 2.34. The third-order valence-electron chi connectivity index (χ3n) is 7.28. The Morgan fingerprint density at radius 3 is 1.61 bits per heavy atom. The lowest BCUT2D eigenvalue weighted by atomic mass is 9.75. The van der Waals surface area contributed by atoms with Crippen molar-refractivity contribution >= 4 is 5.97 Å². The summed E-state index contributed by atoms with van der Waals surface area (Å²) in [6, 6.07) is 6.24. The Morgan fingerprint density at radius 1 is 0.848 bits per heavy atom. The summed E-state index contributed by atoms with van der Waals surface area (Å²) in [5, 5.41) is 28.5. The first kappa shape index (κ1) is 29.4. The minimum Gasteiger partial charge on any atom is -0.507 e. The largest absolute Gasteiger partial charge is 0.507 e. The first-order valence-electron chi connectivity index (χ1n) is 12.7. The van der Waals surface area contributed by atoms with Crippen LogP contribution in [0.5, 0.6) is 5.75 Å². The van der Waals surface area contributed by atoms with E-state index in [4.69, 9.17) is 5.11 Å². The van der Waals surface area contributed by atoms with Gasteiger partial charge >= 0.3 is 5.97 Å². The molecule has 2 aliphatic rings. The van der Waals surface area contributed by atoms with E-state index in [2.05, 4.69) is 46.3 Å². The molecule has 190 valence electrons. The number of aliphatic hydroxyl groups excluding tert-OH is 2. The second-order valence-corrected chi connectivity index (χ2v) is 10.8. The van der Waals surface area contributed by atoms with Crippen LogP contribution in [0.1, 0.15) is 90.4 Å². The van der Waals surface area contributed by atoms with Gasteiger partial charge in [0.2, 0.25) is 0 Å². The van der Waals surface area contributed by atoms with Gasteiger partial charge in [0.15, 0.2) is 0 Å². The monoisotopic (exact) mass is 464 g/mol. The molecular weight excluding hydrogens is 416 g/mol. The van der Waals surface area contributed by atoms with Crippen molar-refractivity contribution in [2.45, 2.75) is 92.3 Å². The average Bonchev–Trinajstić information content (AvgIpc) is 2.74. The van der Waals surface area contributed by atoms with E-state index in [9.17, 15) is 15.0 Å². The second kappa shape index (κ2) is 14.6. The summed E-state index contributed by atoms with van der Waals surface area (Å²) in [4.78, 5) is 10.9. The van der Waals surface area contributed by atoms with E-state index in [-0.39, 0.29) is 23.5 Å². The third-order valence-corrected chi connectivity index (χ3v) is 7.28. The fraction of sp³-hybridized carbons (Fsp3) is 0.750. The van der Waals surface area contributed by atoms with Crippen LogP contribution in [0.4, 0.5) is 0 Å². The number of rotatable bonds is 3. The summed E-state index contributed by atoms with van der Waals surface area (Å²) in [5.41, 5.74) is 0.190. The molecule has 1 aromatic carbocycles. The zero-order valence-electron chi connectivity index (χ0n) is 21.8. The molecule has 0 saturated heterocycles. The Labute approximate surface area is 201 Å². The predicted molar refractivity (Wildman–Crippen MR) is 134 cm³/mol. The summed E-state index contributed by atoms with van der Waals surface area (Å²) in [6.45, 7) is 13.3. The molecule has 2 fully saturated rings. The zero-order chi connectivity index (χ0) is 25.1. The van der Waals surface area contributed by atoms with E-state index >= 15 is 0 Å². The van der Waals surface area contributed by atoms with Gasteiger partial charge in [-0.05, 0) is 73.3 Å². The molecule has 0 aliphatic heterocycles. The number of aliphatic hydroxyl groups is 2. The first-order valence-corrected chi connectivity index (χ1v) is 12.7. The van der Waals surface area contributed by atoms with Crippen LogP contribution >= 0.6 is 0 Å². The van der Waals surface area contributed by atoms with Gasteiger partial charge < -0.3 is 20.1 Å². The Kier molecular flexibility index (Phi) is 13.0. The molecule has 1 aromatic rings. The quantitative estimate of drug-likeness (QED) is 0.474. The van der Waals surface area contributed by atoms with Crippen molar-refractivity contribution in [3.63, 3.8) is 0 Å². The molecule has 0 spiro atoms. The molecule has 3 rings (SSSR count). The van der Waals surface area contributed by atoms with Gasteiger partial charge in [0.1, 0.15) is 11.3 Å². The summed E-state index contributed by atoms with van der Waals surface area (Å²) in [7, 11) is 1.27. The van der Waals surface area contributed by atoms with Crippen LogP contribution in [0.2, 0.25) is 0 Å². The van der Waals surface area contributed by atoms with Gasteiger partial charge in [-0.1, -0.05) is 66.5 Å². The number of aromatic hydroxyl groups is 1. The predicted octanol–water partition coefficient (Wildman–Crippen LogP) is 6.06. The van der Waals surface area contributed by atoms with Gasteiger partial charge in [0.25, 0.3) is 0 Å². The van der Waals surface area contributed by atoms with E-state index in [1.807, 2.05) is 0 Å². The number of phenols is 1. The van der Waals surface area contributed by atoms with Crippen LogP contribution < -0.4 is 0 Å². The van der Waals surface area contributed by atoms with E-state index in [1.54, 1.807) is 12.1 Å². The van der Waals surface area contributed by atoms with Crippen LogP contribution in [0, 0.1) is 35.5 Å². The maximum absolute atomic E-state index is 10.9. The molecule has 0 radical (unpaired) electrons. The third kappa shape index (κ3) is 10.1. The number of esters is 1. The maximum atomic E-state index is 10.9. The Bertz CT molecular complexity index is 657. The van der Waals surface area contributed by atoms with Crippen molar-refractivity contribution in [1.82, 2.24) is 0 Å². The Hall–Kier alpha value is -1.59. The summed E-state index contributed by atoms with van der Waals surface area (Å²) in [5.74, 6) is 3.31. The molecule has 0 amide bonds. The van der Waals surface area contributed by atoms with Gasteiger partial charge in [-0.2, -0.15) is 0 Å². The van der Waals surface area contributed by atoms with Crippen molar-refractivity contribution in [3.8, 4) is 5.75 Å². The highest BCUT2D eigenvalue weighted by atomic mass is 16.5. The first-order chi connectivity index (χ1) is 15.5. The summed E-state index contributed by atoms with van der Waals surface area (Å²) in [6.07, 6.45) is 7.03. The van der Waals surface area contributed by atoms with Gasteiger partial charge in [-0.25, -0.2) is 4.79 Å². The molecular formula is C28H48O5. The van der Waals surface area contributed by atoms with Crippen molar-refractivity contribution < 1.29 is 24.9 Å². The SMILES string of the molecule is CC1CCC(C(C)C)C(O)C1.CC1CCC(C(C)C)C(O)C1.COC(=O)c1ccccc1O. The number of benzene rings is 1. The fourth-order valence-electron chi connectivity index (χ4n) is 5.06. The topological polar surface area (TPSA) is 87.0 Å². The maximum Gasteiger partial charge on any atom is 0.341 e. The van der Waals surface area contributed by atoms with E-state index in [0.29, 0.717) is 23.7 Å². The van der Waals surface area contributed by atoms with Crippen LogP contribution in [0.15, 0.2) is 24.3 Å². The molecule has 33 heavy (non-hydrogen) atoms. The lowest BCUT2D eigenvalue weighted by molar-refractivity contribution is 0.0263. The molecule has 6 unspecified atom stereocenters. The summed E-state index contributed by atoms with van der Waals surface area (Å²) >= 11 is 0. The van der Waals surface area contributed by atoms with Crippen molar-refractivity contribution in [2.75, 3.05) is 7.11 Å². The molecule has 2 saturated carbocycles. The Balaban J connectivity index is 0.000000247. The second-order valence-electron chi connectivity index (χ2n) is 10.8. The molecule has 2 aliphatic carbocycles. The average molecular weight is 465 g/mol. The Morgan fingerprint density at radius 2 is 1.27 bits per heavy atom. The lowest BCUT2D eigenvalue weighted by Crippen LogP contribution is -2.31. The fourth-order valence-corrected chi connectivity index (χ4v) is 5.06. The number of ether oxygens (including phenoxy) is 1. The van der Waals surface area contributed by atoms with Crippen molar-refractivity contribution in [3.05, 3.63) is 29.8 Å². The van der Waals surface area contributed by atoms with Gasteiger partial charge in [0, 0.05) is 0 Å². The highest BCUT2D eigenvalue weighted by molar-refractivity contribution is 5.92. The van der Waals surface area contributed by atoms with Crippen LogP contribution in [-0.2, 0) is 4.74 Å². The number of hydrogen-bond acceptors (Lipinski definition) is 5. The van der Waals surface area contributed by atoms with E-state index in [1.165, 1.54) is 44.9 Å². The van der Waals surface area contributed by atoms with Gasteiger partial charge in [-0.15, -0.1) is 0 Å². The van der Waals surface area contributed by atoms with Crippen LogP contribution in [0.3, 0.4) is 0 Å². The van der Waals surface area contributed by atoms with E-state index in [0.717, 1.165) is 24.7 Å². The smallest absolute Gasteiger partial charge is 0.341 e. The number of carbonyl (C=O) groups excluding carboxylic acids is 1. The van der Waals surface area contributed by atoms with Crippen LogP contribution in [-0.4, -0.2) is 40.6 Å². The number of para-hydroxylation sites is 1. The standard InChI is InChI=1S/2C10H20O.C8H8O3/c2*1-7(2)9-5-4-8(3)6-10(9)11;1-11-8(10)6-4-2-3-5-7(6)9/h2*7-11H,4-6H2,1-3H3;2-5,9H,1H3. The minimum absolute atomic E-state index is 0.0289. The molecule has 0 bridgehead atoms. The molecule has 3 N–H and O–H groups in total. The lowest BCUT2D eigenvalue weighted by Gasteiger charge is -2.33. The molecule has 6 atom stereocenters. The molecule has 0 heterocycles. The van der Waals surface area contributed by atoms with Gasteiger partial charge in [0.05, 0.1) is 19.3 Å². The van der Waals surface area contributed by atoms with E-state index < -0.39 is 5.97 Å². The van der Waals surface area contributed by atoms with Crippen molar-refractivity contribution in [2.24, 2.45) is 35.5 Å². The normalized spacial score (nSPS) is 29.4. The number of methoxy groups -OCH3 is 1. The zero-order valence-corrected chi connectivity index (χ0v) is 21.8. The number of phenolic OH excluding ortho intramolecular Hbond substituents is 1. The minimum atomic E-state index is -0.525. The van der Waals surface area contributed by atoms with Crippen LogP contribution in [0.25, 0.3) is 0 Å². The highest BCUT2D eigenvalue weighted by Gasteiger charge is 2.29. The summed E-state index contributed by atoms with van der Waals surface area (Å²) < 4.78 is 4.42. The number of hydrogen-bond donors (Lipinski definition) is 3. The van der Waals surface area contributed by atoms with Crippen molar-refractivity contribution in [1.29, 1.82) is 0 Å². The number of carbonyl (C=O) groups is 1. The van der Waals surface area contributed by atoms with Gasteiger partial charge in [-0.3, -0.25) is 0 Å². The molecule has 0 aromatic heterocycles. The molecule has 5 heteroatoms. The molecule has 5 nitrogen and oxygen atoms in total.